The highest BCUT2D eigenvalue weighted by molar-refractivity contribution is 5.82. The molecule has 17 heavy (non-hydrogen) atoms. The first-order valence-electron chi connectivity index (χ1n) is 5.21. The summed E-state index contributed by atoms with van der Waals surface area (Å²) >= 11 is 0. The molecule has 1 aliphatic heterocycles. The minimum Gasteiger partial charge on any atom is -0.480 e. The molecule has 4 N–H and O–H groups in total. The number of aliphatic hydroxyl groups is 1. The van der Waals surface area contributed by atoms with Gasteiger partial charge in [0.25, 0.3) is 0 Å². The third-order valence-corrected chi connectivity index (χ3v) is 2.16. The lowest BCUT2D eigenvalue weighted by molar-refractivity contribution is -0.140. The first-order valence-corrected chi connectivity index (χ1v) is 5.21. The molecular formula is C9H16N2O6. The lowest BCUT2D eigenvalue weighted by Gasteiger charge is -2.23. The molecule has 8 heteroatoms. The Morgan fingerprint density at radius 1 is 1.41 bits per heavy atom. The van der Waals surface area contributed by atoms with Gasteiger partial charge in [0, 0.05) is 6.54 Å². The zero-order valence-corrected chi connectivity index (χ0v) is 9.22. The van der Waals surface area contributed by atoms with Crippen LogP contribution in [0.1, 0.15) is 0 Å². The molecule has 98 valence electrons. The molecule has 0 aromatic rings. The van der Waals surface area contributed by atoms with E-state index in [-0.39, 0.29) is 12.6 Å². The van der Waals surface area contributed by atoms with Crippen molar-refractivity contribution in [1.82, 2.24) is 10.6 Å². The molecule has 0 bridgehead atoms. The molecule has 2 atom stereocenters. The number of nitrogens with one attached hydrogen (secondary N) is 2. The van der Waals surface area contributed by atoms with E-state index in [0.29, 0.717) is 19.8 Å². The molecule has 1 rings (SSSR count). The van der Waals surface area contributed by atoms with E-state index in [1.165, 1.54) is 0 Å². The molecular weight excluding hydrogens is 232 g/mol. The van der Waals surface area contributed by atoms with E-state index in [0.717, 1.165) is 0 Å². The van der Waals surface area contributed by atoms with Crippen molar-refractivity contribution >= 4 is 12.0 Å². The molecule has 0 aromatic carbocycles. The summed E-state index contributed by atoms with van der Waals surface area (Å²) in [5.74, 6) is -1.29. The number of carboxylic acid groups (broad SMARTS) is 1. The molecule has 2 amide bonds. The number of hydrogen-bond acceptors (Lipinski definition) is 5. The van der Waals surface area contributed by atoms with Crippen molar-refractivity contribution in [2.24, 2.45) is 0 Å². The van der Waals surface area contributed by atoms with Crippen molar-refractivity contribution < 1.29 is 29.3 Å². The van der Waals surface area contributed by atoms with Crippen molar-refractivity contribution in [2.75, 3.05) is 33.0 Å². The average molecular weight is 248 g/mol. The van der Waals surface area contributed by atoms with Crippen molar-refractivity contribution in [1.29, 1.82) is 0 Å². The molecule has 1 heterocycles. The Labute approximate surface area is 97.9 Å². The number of aliphatic hydroxyl groups excluding tert-OH is 1. The van der Waals surface area contributed by atoms with E-state index in [9.17, 15) is 9.59 Å². The Morgan fingerprint density at radius 3 is 2.71 bits per heavy atom. The van der Waals surface area contributed by atoms with E-state index in [4.69, 9.17) is 19.7 Å². The van der Waals surface area contributed by atoms with Gasteiger partial charge in [-0.2, -0.15) is 0 Å². The van der Waals surface area contributed by atoms with Gasteiger partial charge in [0.2, 0.25) is 0 Å². The third kappa shape index (κ3) is 4.98. The molecule has 0 spiro atoms. The first-order chi connectivity index (χ1) is 8.13. The zero-order chi connectivity index (χ0) is 12.7. The van der Waals surface area contributed by atoms with Crippen LogP contribution in [0.15, 0.2) is 0 Å². The molecule has 0 aliphatic carbocycles. The molecule has 1 unspecified atom stereocenters. The highest BCUT2D eigenvalue weighted by Gasteiger charge is 2.20. The second-order valence-electron chi connectivity index (χ2n) is 3.50. The van der Waals surface area contributed by atoms with Gasteiger partial charge in [-0.3, -0.25) is 0 Å². The Balaban J connectivity index is 2.21. The Morgan fingerprint density at radius 2 is 2.18 bits per heavy atom. The largest absolute Gasteiger partial charge is 0.480 e. The molecule has 1 saturated heterocycles. The van der Waals surface area contributed by atoms with Gasteiger partial charge < -0.3 is 30.3 Å². The maximum Gasteiger partial charge on any atom is 0.328 e. The summed E-state index contributed by atoms with van der Waals surface area (Å²) in [5.41, 5.74) is 0. The normalized spacial score (nSPS) is 21.6. The Kier molecular flexibility index (Phi) is 5.67. The Bertz CT molecular complexity index is 266. The van der Waals surface area contributed by atoms with Gasteiger partial charge in [-0.15, -0.1) is 0 Å². The molecule has 0 radical (unpaired) electrons. The quantitative estimate of drug-likeness (QED) is 0.453. The van der Waals surface area contributed by atoms with Gasteiger partial charge >= 0.3 is 12.0 Å². The van der Waals surface area contributed by atoms with Crippen molar-refractivity contribution in [3.05, 3.63) is 0 Å². The fourth-order valence-electron chi connectivity index (χ4n) is 1.26. The highest BCUT2D eigenvalue weighted by atomic mass is 16.6. The molecule has 0 saturated carbocycles. The van der Waals surface area contributed by atoms with E-state index < -0.39 is 24.6 Å². The number of amides is 2. The van der Waals surface area contributed by atoms with Gasteiger partial charge in [-0.1, -0.05) is 0 Å². The van der Waals surface area contributed by atoms with Crippen LogP contribution in [0, 0.1) is 0 Å². The second-order valence-corrected chi connectivity index (χ2v) is 3.50. The number of carbonyl (C=O) groups is 2. The number of urea groups is 1. The summed E-state index contributed by atoms with van der Waals surface area (Å²) in [6.45, 7) is 0.967. The molecule has 0 aromatic heterocycles. The van der Waals surface area contributed by atoms with Crippen LogP contribution < -0.4 is 10.6 Å². The number of carbonyl (C=O) groups excluding carboxylic acids is 1. The van der Waals surface area contributed by atoms with Gasteiger partial charge in [-0.25, -0.2) is 9.59 Å². The zero-order valence-electron chi connectivity index (χ0n) is 9.22. The van der Waals surface area contributed by atoms with Crippen LogP contribution in [0.2, 0.25) is 0 Å². The number of carboxylic acids is 1. The van der Waals surface area contributed by atoms with E-state index in [1.807, 2.05) is 0 Å². The third-order valence-electron chi connectivity index (χ3n) is 2.16. The van der Waals surface area contributed by atoms with Gasteiger partial charge in [0.05, 0.1) is 32.5 Å². The second kappa shape index (κ2) is 7.05. The summed E-state index contributed by atoms with van der Waals surface area (Å²) in [7, 11) is 0. The highest BCUT2D eigenvalue weighted by Crippen LogP contribution is 1.98. The molecule has 1 fully saturated rings. The van der Waals surface area contributed by atoms with Crippen LogP contribution in [0.5, 0.6) is 0 Å². The lowest BCUT2D eigenvalue weighted by Crippen LogP contribution is -2.50. The lowest BCUT2D eigenvalue weighted by atomic mass is 10.3. The first kappa shape index (κ1) is 13.7. The van der Waals surface area contributed by atoms with Gasteiger partial charge in [-0.05, 0) is 0 Å². The minimum atomic E-state index is -1.31. The smallest absolute Gasteiger partial charge is 0.328 e. The summed E-state index contributed by atoms with van der Waals surface area (Å²) in [6, 6.07) is -1.97. The van der Waals surface area contributed by atoms with Crippen LogP contribution in [0.4, 0.5) is 4.79 Å². The topological polar surface area (TPSA) is 117 Å². The van der Waals surface area contributed by atoms with Crippen LogP contribution >= 0.6 is 0 Å². The van der Waals surface area contributed by atoms with Crippen molar-refractivity contribution in [2.45, 2.75) is 12.1 Å². The van der Waals surface area contributed by atoms with Crippen molar-refractivity contribution in [3.8, 4) is 0 Å². The fraction of sp³-hybridized carbons (Fsp3) is 0.778. The Hall–Kier alpha value is -1.38. The fourth-order valence-corrected chi connectivity index (χ4v) is 1.26. The van der Waals surface area contributed by atoms with E-state index in [2.05, 4.69) is 10.6 Å². The maximum atomic E-state index is 11.3. The predicted molar refractivity (Wildman–Crippen MR) is 55.6 cm³/mol. The van der Waals surface area contributed by atoms with Gasteiger partial charge in [0.1, 0.15) is 0 Å². The van der Waals surface area contributed by atoms with Crippen LogP contribution in [-0.4, -0.2) is 67.3 Å². The number of aliphatic carboxylic acids is 1. The predicted octanol–water partition coefficient (Wildman–Crippen LogP) is -1.85. The van der Waals surface area contributed by atoms with Crippen LogP contribution in [0.25, 0.3) is 0 Å². The molecule has 8 nitrogen and oxygen atoms in total. The SMILES string of the molecule is O=C(NCC1COCCO1)N[C@@H](CO)C(=O)O. The summed E-state index contributed by atoms with van der Waals surface area (Å²) < 4.78 is 10.4. The van der Waals surface area contributed by atoms with E-state index >= 15 is 0 Å². The number of ether oxygens (including phenoxy) is 2. The number of hydrogen-bond donors (Lipinski definition) is 4. The summed E-state index contributed by atoms with van der Waals surface area (Å²) in [6.07, 6.45) is -0.230. The van der Waals surface area contributed by atoms with Gasteiger partial charge in [0.15, 0.2) is 6.04 Å². The average Bonchev–Trinajstić information content (AvgIpc) is 2.34. The van der Waals surface area contributed by atoms with Crippen LogP contribution in [-0.2, 0) is 14.3 Å². The standard InChI is InChI=1S/C9H16N2O6/c12-4-7(8(13)14)11-9(15)10-3-6-5-16-1-2-17-6/h6-7,12H,1-5H2,(H,13,14)(H2,10,11,15)/t6?,7-/m0/s1. The van der Waals surface area contributed by atoms with E-state index in [1.54, 1.807) is 0 Å². The number of rotatable bonds is 5. The van der Waals surface area contributed by atoms with Crippen LogP contribution in [0.3, 0.4) is 0 Å². The summed E-state index contributed by atoms with van der Waals surface area (Å²) in [4.78, 5) is 21.8. The maximum absolute atomic E-state index is 11.3. The summed E-state index contributed by atoms with van der Waals surface area (Å²) in [5, 5.41) is 21.8. The minimum absolute atomic E-state index is 0.226. The molecule has 1 aliphatic rings. The van der Waals surface area contributed by atoms with Crippen molar-refractivity contribution in [3.63, 3.8) is 0 Å². The monoisotopic (exact) mass is 248 g/mol.